The lowest BCUT2D eigenvalue weighted by Crippen LogP contribution is -1.90. The van der Waals surface area contributed by atoms with E-state index >= 15 is 0 Å². The Labute approximate surface area is 93.6 Å². The lowest BCUT2D eigenvalue weighted by Gasteiger charge is -2.11. The molecule has 0 atom stereocenters. The summed E-state index contributed by atoms with van der Waals surface area (Å²) in [4.78, 5) is 6.83. The molecule has 2 aromatic rings. The van der Waals surface area contributed by atoms with Crippen molar-refractivity contribution in [3.63, 3.8) is 0 Å². The molecule has 1 heterocycles. The highest BCUT2D eigenvalue weighted by atomic mass is 16.3. The van der Waals surface area contributed by atoms with Crippen LogP contribution in [0.5, 0.6) is 11.5 Å². The van der Waals surface area contributed by atoms with Crippen molar-refractivity contribution in [1.82, 2.24) is 9.97 Å². The third-order valence-corrected chi connectivity index (χ3v) is 2.56. The van der Waals surface area contributed by atoms with E-state index in [1.165, 1.54) is 6.07 Å². The second kappa shape index (κ2) is 3.89. The number of nitrogens with one attached hydrogen (secondary N) is 1. The Morgan fingerprint density at radius 1 is 1.19 bits per heavy atom. The van der Waals surface area contributed by atoms with Crippen LogP contribution in [0.25, 0.3) is 11.3 Å². The van der Waals surface area contributed by atoms with Gasteiger partial charge in [-0.3, -0.25) is 0 Å². The highest BCUT2D eigenvalue weighted by Crippen LogP contribution is 2.36. The number of aromatic hydroxyl groups is 2. The highest BCUT2D eigenvalue weighted by molar-refractivity contribution is 5.69. The van der Waals surface area contributed by atoms with Gasteiger partial charge in [-0.15, -0.1) is 0 Å². The zero-order valence-electron chi connectivity index (χ0n) is 9.23. The molecule has 0 bridgehead atoms. The lowest BCUT2D eigenvalue weighted by atomic mass is 9.98. The van der Waals surface area contributed by atoms with Gasteiger partial charge in [-0.05, 0) is 17.5 Å². The van der Waals surface area contributed by atoms with Crippen LogP contribution in [0, 0.1) is 0 Å². The van der Waals surface area contributed by atoms with E-state index in [9.17, 15) is 10.2 Å². The molecule has 16 heavy (non-hydrogen) atoms. The van der Waals surface area contributed by atoms with Crippen molar-refractivity contribution in [1.29, 1.82) is 0 Å². The fourth-order valence-corrected chi connectivity index (χ4v) is 1.68. The fourth-order valence-electron chi connectivity index (χ4n) is 1.68. The molecule has 1 aromatic carbocycles. The van der Waals surface area contributed by atoms with Gasteiger partial charge in [-0.2, -0.15) is 0 Å². The first kappa shape index (κ1) is 10.5. The number of H-pyrrole nitrogens is 1. The van der Waals surface area contributed by atoms with Gasteiger partial charge in [0.2, 0.25) is 0 Å². The van der Waals surface area contributed by atoms with Crippen LogP contribution in [0.2, 0.25) is 0 Å². The second-order valence-corrected chi connectivity index (χ2v) is 4.05. The van der Waals surface area contributed by atoms with Crippen LogP contribution < -0.4 is 0 Å². The van der Waals surface area contributed by atoms with E-state index in [1.54, 1.807) is 18.6 Å². The molecule has 2 rings (SSSR count). The topological polar surface area (TPSA) is 69.1 Å². The van der Waals surface area contributed by atoms with Crippen LogP contribution in [0.3, 0.4) is 0 Å². The molecule has 0 amide bonds. The highest BCUT2D eigenvalue weighted by Gasteiger charge is 2.13. The lowest BCUT2D eigenvalue weighted by molar-refractivity contribution is 0.445. The predicted octanol–water partition coefficient (Wildman–Crippen LogP) is 2.61. The van der Waals surface area contributed by atoms with Gasteiger partial charge in [-0.1, -0.05) is 13.8 Å². The Morgan fingerprint density at radius 2 is 1.94 bits per heavy atom. The Kier molecular flexibility index (Phi) is 2.56. The molecular formula is C12H14N2O2. The molecule has 1 aromatic heterocycles. The molecule has 84 valence electrons. The molecule has 4 nitrogen and oxygen atoms in total. The normalized spacial score (nSPS) is 10.9. The molecule has 3 N–H and O–H groups in total. The van der Waals surface area contributed by atoms with Crippen molar-refractivity contribution in [2.75, 3.05) is 0 Å². The number of benzene rings is 1. The van der Waals surface area contributed by atoms with Crippen molar-refractivity contribution >= 4 is 0 Å². The van der Waals surface area contributed by atoms with E-state index in [-0.39, 0.29) is 17.4 Å². The summed E-state index contributed by atoms with van der Waals surface area (Å²) in [5.41, 5.74) is 2.20. The van der Waals surface area contributed by atoms with Gasteiger partial charge in [0.05, 0.1) is 18.2 Å². The minimum Gasteiger partial charge on any atom is -0.508 e. The van der Waals surface area contributed by atoms with Gasteiger partial charge in [-0.25, -0.2) is 4.98 Å². The quantitative estimate of drug-likeness (QED) is 0.725. The summed E-state index contributed by atoms with van der Waals surface area (Å²) in [5, 5.41) is 19.5. The number of imidazole rings is 1. The number of phenolic OH excluding ortho intramolecular Hbond substituents is 2. The van der Waals surface area contributed by atoms with E-state index in [4.69, 9.17) is 0 Å². The summed E-state index contributed by atoms with van der Waals surface area (Å²) in [6, 6.07) is 3.15. The molecule has 0 aliphatic rings. The van der Waals surface area contributed by atoms with E-state index in [0.717, 1.165) is 11.3 Å². The van der Waals surface area contributed by atoms with Crippen LogP contribution in [0.15, 0.2) is 24.7 Å². The Balaban J connectivity index is 2.58. The minimum absolute atomic E-state index is 0.0474. The Hall–Kier alpha value is -1.97. The SMILES string of the molecule is CC(C)c1cc(-c2cnc[nH]2)c(O)cc1O. The average molecular weight is 218 g/mol. The maximum atomic E-state index is 9.76. The number of rotatable bonds is 2. The molecule has 0 saturated carbocycles. The van der Waals surface area contributed by atoms with Gasteiger partial charge in [0.1, 0.15) is 11.5 Å². The Bertz CT molecular complexity index is 490. The number of hydrogen-bond acceptors (Lipinski definition) is 3. The summed E-state index contributed by atoms with van der Waals surface area (Å²) in [6.45, 7) is 3.98. The summed E-state index contributed by atoms with van der Waals surface area (Å²) < 4.78 is 0. The van der Waals surface area contributed by atoms with Crippen molar-refractivity contribution in [2.45, 2.75) is 19.8 Å². The third-order valence-electron chi connectivity index (χ3n) is 2.56. The van der Waals surface area contributed by atoms with Crippen molar-refractivity contribution in [3.8, 4) is 22.8 Å². The average Bonchev–Trinajstić information content (AvgIpc) is 2.70. The van der Waals surface area contributed by atoms with Crippen LogP contribution in [-0.4, -0.2) is 20.2 Å². The summed E-state index contributed by atoms with van der Waals surface area (Å²) in [6.07, 6.45) is 3.19. The van der Waals surface area contributed by atoms with Gasteiger partial charge in [0, 0.05) is 11.6 Å². The number of nitrogens with zero attached hydrogens (tertiary/aromatic N) is 1. The number of phenols is 2. The first-order valence-electron chi connectivity index (χ1n) is 5.14. The molecule has 4 heteroatoms. The standard InChI is InChI=1S/C12H14N2O2/c1-7(2)8-3-9(10-5-13-6-14-10)12(16)4-11(8)15/h3-7,15-16H,1-2H3,(H,13,14). The number of aromatic nitrogens is 2. The van der Waals surface area contributed by atoms with Crippen molar-refractivity contribution in [2.24, 2.45) is 0 Å². The van der Waals surface area contributed by atoms with E-state index in [0.29, 0.717) is 5.56 Å². The first-order chi connectivity index (χ1) is 7.59. The molecule has 0 aliphatic carbocycles. The predicted molar refractivity (Wildman–Crippen MR) is 61.4 cm³/mol. The van der Waals surface area contributed by atoms with E-state index < -0.39 is 0 Å². The van der Waals surface area contributed by atoms with Crippen LogP contribution >= 0.6 is 0 Å². The third kappa shape index (κ3) is 1.74. The zero-order valence-corrected chi connectivity index (χ0v) is 9.23. The molecule has 0 fully saturated rings. The maximum Gasteiger partial charge on any atom is 0.128 e. The van der Waals surface area contributed by atoms with Crippen LogP contribution in [-0.2, 0) is 0 Å². The molecular weight excluding hydrogens is 204 g/mol. The number of aromatic amines is 1. The van der Waals surface area contributed by atoms with Crippen LogP contribution in [0.4, 0.5) is 0 Å². The van der Waals surface area contributed by atoms with Gasteiger partial charge in [0.15, 0.2) is 0 Å². The maximum absolute atomic E-state index is 9.76. The van der Waals surface area contributed by atoms with Gasteiger partial charge in [0.25, 0.3) is 0 Å². The summed E-state index contributed by atoms with van der Waals surface area (Å²) in [5.74, 6) is 0.365. The molecule has 0 aliphatic heterocycles. The van der Waals surface area contributed by atoms with E-state index in [2.05, 4.69) is 9.97 Å². The van der Waals surface area contributed by atoms with Gasteiger partial charge < -0.3 is 15.2 Å². The zero-order chi connectivity index (χ0) is 11.7. The molecule has 0 spiro atoms. The smallest absolute Gasteiger partial charge is 0.128 e. The first-order valence-corrected chi connectivity index (χ1v) is 5.14. The van der Waals surface area contributed by atoms with Gasteiger partial charge >= 0.3 is 0 Å². The summed E-state index contributed by atoms with van der Waals surface area (Å²) >= 11 is 0. The van der Waals surface area contributed by atoms with Crippen molar-refractivity contribution < 1.29 is 10.2 Å². The van der Waals surface area contributed by atoms with Crippen molar-refractivity contribution in [3.05, 3.63) is 30.2 Å². The number of hydrogen-bond donors (Lipinski definition) is 3. The molecule has 0 saturated heterocycles. The van der Waals surface area contributed by atoms with Crippen LogP contribution in [0.1, 0.15) is 25.3 Å². The largest absolute Gasteiger partial charge is 0.508 e. The monoisotopic (exact) mass is 218 g/mol. The summed E-state index contributed by atoms with van der Waals surface area (Å²) in [7, 11) is 0. The molecule has 0 unspecified atom stereocenters. The Morgan fingerprint density at radius 3 is 2.50 bits per heavy atom. The van der Waals surface area contributed by atoms with E-state index in [1.807, 2.05) is 13.8 Å². The molecule has 0 radical (unpaired) electrons. The minimum atomic E-state index is 0.0474. The fraction of sp³-hybridized carbons (Fsp3) is 0.250. The second-order valence-electron chi connectivity index (χ2n) is 4.05.